The van der Waals surface area contributed by atoms with Gasteiger partial charge in [0, 0.05) is 12.2 Å². The lowest BCUT2D eigenvalue weighted by atomic mass is 10.2. The van der Waals surface area contributed by atoms with Crippen LogP contribution in [0.15, 0.2) is 18.2 Å². The second kappa shape index (κ2) is 6.17. The highest BCUT2D eigenvalue weighted by Gasteiger charge is 2.09. The Morgan fingerprint density at radius 1 is 1.59 bits per heavy atom. The summed E-state index contributed by atoms with van der Waals surface area (Å²) in [6, 6.07) is 4.03. The fourth-order valence-electron chi connectivity index (χ4n) is 1.29. The molecule has 94 valence electrons. The molecule has 0 bridgehead atoms. The highest BCUT2D eigenvalue weighted by molar-refractivity contribution is 5.92. The predicted molar refractivity (Wildman–Crippen MR) is 63.7 cm³/mol. The van der Waals surface area contributed by atoms with Crippen LogP contribution < -0.4 is 11.1 Å². The van der Waals surface area contributed by atoms with Gasteiger partial charge in [-0.25, -0.2) is 4.39 Å². The summed E-state index contributed by atoms with van der Waals surface area (Å²) >= 11 is 0. The molecule has 1 aromatic carbocycles. The van der Waals surface area contributed by atoms with Gasteiger partial charge in [-0.05, 0) is 18.2 Å². The number of carbonyl (C=O) groups is 1. The van der Waals surface area contributed by atoms with E-state index in [1.54, 1.807) is 0 Å². The van der Waals surface area contributed by atoms with Gasteiger partial charge in [-0.1, -0.05) is 6.92 Å². The summed E-state index contributed by atoms with van der Waals surface area (Å²) in [4.78, 5) is 16.5. The number of likely N-dealkylation sites (N-methyl/N-ethyl adjacent to an activating group) is 1. The topological polar surface area (TPSA) is 67.6 Å². The van der Waals surface area contributed by atoms with Crippen molar-refractivity contribution < 1.29 is 14.0 Å². The van der Waals surface area contributed by atoms with Gasteiger partial charge in [0.05, 0.1) is 12.8 Å². The largest absolute Gasteiger partial charge is 0.396 e. The maximum Gasteiger partial charge on any atom is 0.240 e. The van der Waals surface area contributed by atoms with Crippen LogP contribution in [0.2, 0.25) is 0 Å². The zero-order valence-corrected chi connectivity index (χ0v) is 9.87. The number of nitrogens with two attached hydrogens (primary N) is 1. The minimum Gasteiger partial charge on any atom is -0.396 e. The fraction of sp³-hybridized carbons (Fsp3) is 0.364. The molecule has 0 saturated carbocycles. The van der Waals surface area contributed by atoms with Crippen LogP contribution in [0.3, 0.4) is 0 Å². The molecule has 6 heteroatoms. The van der Waals surface area contributed by atoms with Gasteiger partial charge in [0.2, 0.25) is 5.91 Å². The molecule has 0 aromatic heterocycles. The molecule has 0 spiro atoms. The molecule has 0 aliphatic heterocycles. The molecule has 1 aromatic rings. The molecule has 0 heterocycles. The molecule has 0 saturated heterocycles. The monoisotopic (exact) mass is 241 g/mol. The van der Waals surface area contributed by atoms with Crippen molar-refractivity contribution >= 4 is 17.3 Å². The van der Waals surface area contributed by atoms with Crippen LogP contribution >= 0.6 is 0 Å². The van der Waals surface area contributed by atoms with E-state index in [0.29, 0.717) is 12.2 Å². The van der Waals surface area contributed by atoms with E-state index in [1.807, 2.05) is 6.92 Å². The lowest BCUT2D eigenvalue weighted by Crippen LogP contribution is -2.32. The van der Waals surface area contributed by atoms with E-state index in [-0.39, 0.29) is 18.1 Å². The number of amides is 1. The Morgan fingerprint density at radius 3 is 2.82 bits per heavy atom. The van der Waals surface area contributed by atoms with Gasteiger partial charge >= 0.3 is 0 Å². The molecular weight excluding hydrogens is 225 g/mol. The van der Waals surface area contributed by atoms with Crippen molar-refractivity contribution in [2.45, 2.75) is 6.92 Å². The molecule has 0 atom stereocenters. The van der Waals surface area contributed by atoms with E-state index in [9.17, 15) is 9.18 Å². The van der Waals surface area contributed by atoms with Crippen LogP contribution in [-0.2, 0) is 9.63 Å². The summed E-state index contributed by atoms with van der Waals surface area (Å²) < 4.78 is 12.9. The average molecular weight is 241 g/mol. The summed E-state index contributed by atoms with van der Waals surface area (Å²) in [6.07, 6.45) is 0. The summed E-state index contributed by atoms with van der Waals surface area (Å²) in [6.45, 7) is 2.56. The lowest BCUT2D eigenvalue weighted by molar-refractivity contribution is -0.145. The Morgan fingerprint density at radius 2 is 2.29 bits per heavy atom. The van der Waals surface area contributed by atoms with Crippen molar-refractivity contribution in [1.82, 2.24) is 5.06 Å². The third kappa shape index (κ3) is 4.01. The minimum absolute atomic E-state index is 0.00175. The van der Waals surface area contributed by atoms with E-state index >= 15 is 0 Å². The van der Waals surface area contributed by atoms with Crippen molar-refractivity contribution in [3.05, 3.63) is 24.0 Å². The summed E-state index contributed by atoms with van der Waals surface area (Å²) in [5.41, 5.74) is 5.85. The fourth-order valence-corrected chi connectivity index (χ4v) is 1.29. The van der Waals surface area contributed by atoms with Crippen LogP contribution in [-0.4, -0.2) is 31.2 Å². The number of hydrogen-bond acceptors (Lipinski definition) is 4. The SMILES string of the molecule is CCN(CC(=O)Nc1ccc(F)c(N)c1)OC. The number of anilines is 2. The number of halogens is 1. The van der Waals surface area contributed by atoms with Crippen LogP contribution in [0, 0.1) is 5.82 Å². The maximum absolute atomic E-state index is 12.9. The Balaban J connectivity index is 2.58. The summed E-state index contributed by atoms with van der Waals surface area (Å²) in [5.74, 6) is -0.755. The molecule has 3 N–H and O–H groups in total. The number of hydroxylamine groups is 2. The Labute approximate surface area is 99.3 Å². The van der Waals surface area contributed by atoms with Gasteiger partial charge in [0.1, 0.15) is 12.4 Å². The van der Waals surface area contributed by atoms with Crippen molar-refractivity contribution in [3.8, 4) is 0 Å². The second-order valence-corrected chi connectivity index (χ2v) is 3.42. The lowest BCUT2D eigenvalue weighted by Gasteiger charge is -2.16. The second-order valence-electron chi connectivity index (χ2n) is 3.42. The highest BCUT2D eigenvalue weighted by atomic mass is 19.1. The first-order chi connectivity index (χ1) is 8.06. The number of rotatable bonds is 5. The van der Waals surface area contributed by atoms with Crippen molar-refractivity contribution in [3.63, 3.8) is 0 Å². The summed E-state index contributed by atoms with van der Waals surface area (Å²) in [5, 5.41) is 4.09. The zero-order valence-electron chi connectivity index (χ0n) is 9.87. The van der Waals surface area contributed by atoms with E-state index in [2.05, 4.69) is 5.32 Å². The smallest absolute Gasteiger partial charge is 0.240 e. The third-order valence-corrected chi connectivity index (χ3v) is 2.21. The molecule has 0 aliphatic carbocycles. The zero-order chi connectivity index (χ0) is 12.8. The molecule has 5 nitrogen and oxygen atoms in total. The number of carbonyl (C=O) groups excluding carboxylic acids is 1. The number of benzene rings is 1. The predicted octanol–water partition coefficient (Wildman–Crippen LogP) is 1.23. The molecule has 0 radical (unpaired) electrons. The molecule has 17 heavy (non-hydrogen) atoms. The Kier molecular flexibility index (Phi) is 4.86. The van der Waals surface area contributed by atoms with E-state index in [0.717, 1.165) is 0 Å². The first kappa shape index (κ1) is 13.4. The van der Waals surface area contributed by atoms with Crippen molar-refractivity contribution in [2.75, 3.05) is 31.2 Å². The molecule has 0 aliphatic rings. The van der Waals surface area contributed by atoms with Gasteiger partial charge in [-0.2, -0.15) is 5.06 Å². The van der Waals surface area contributed by atoms with E-state index < -0.39 is 5.82 Å². The van der Waals surface area contributed by atoms with Crippen LogP contribution in [0.1, 0.15) is 6.92 Å². The first-order valence-corrected chi connectivity index (χ1v) is 5.20. The van der Waals surface area contributed by atoms with Crippen LogP contribution in [0.25, 0.3) is 0 Å². The summed E-state index contributed by atoms with van der Waals surface area (Å²) in [7, 11) is 1.49. The number of nitrogens with one attached hydrogen (secondary N) is 1. The van der Waals surface area contributed by atoms with Gasteiger partial charge in [0.25, 0.3) is 0 Å². The number of nitrogens with zero attached hydrogens (tertiary/aromatic N) is 1. The van der Waals surface area contributed by atoms with Gasteiger partial charge in [-0.15, -0.1) is 0 Å². The normalized spacial score (nSPS) is 10.6. The highest BCUT2D eigenvalue weighted by Crippen LogP contribution is 2.16. The van der Waals surface area contributed by atoms with Crippen molar-refractivity contribution in [1.29, 1.82) is 0 Å². The third-order valence-electron chi connectivity index (χ3n) is 2.21. The van der Waals surface area contributed by atoms with Crippen LogP contribution in [0.4, 0.5) is 15.8 Å². The van der Waals surface area contributed by atoms with Gasteiger partial charge in [-0.3, -0.25) is 4.79 Å². The number of hydrogen-bond donors (Lipinski definition) is 2. The van der Waals surface area contributed by atoms with Crippen LogP contribution in [0.5, 0.6) is 0 Å². The van der Waals surface area contributed by atoms with Crippen molar-refractivity contribution in [2.24, 2.45) is 0 Å². The number of nitrogen functional groups attached to an aromatic ring is 1. The van der Waals surface area contributed by atoms with Gasteiger partial charge in [0.15, 0.2) is 0 Å². The first-order valence-electron chi connectivity index (χ1n) is 5.20. The standard InChI is InChI=1S/C11H16FN3O2/c1-3-15(17-2)7-11(16)14-8-4-5-9(12)10(13)6-8/h4-6H,3,7,13H2,1-2H3,(H,14,16). The Bertz CT molecular complexity index is 394. The molecule has 0 unspecified atom stereocenters. The molecule has 1 rings (SSSR count). The minimum atomic E-state index is -0.505. The quantitative estimate of drug-likeness (QED) is 0.601. The molecule has 0 fully saturated rings. The maximum atomic E-state index is 12.9. The van der Waals surface area contributed by atoms with E-state index in [1.165, 1.54) is 30.4 Å². The molecular formula is C11H16FN3O2. The van der Waals surface area contributed by atoms with Gasteiger partial charge < -0.3 is 15.9 Å². The average Bonchev–Trinajstić information content (AvgIpc) is 2.31. The Hall–Kier alpha value is -1.66. The van der Waals surface area contributed by atoms with E-state index in [4.69, 9.17) is 10.6 Å². The molecule has 1 amide bonds.